The number of anilines is 1. The summed E-state index contributed by atoms with van der Waals surface area (Å²) in [5, 5.41) is 6.45. The summed E-state index contributed by atoms with van der Waals surface area (Å²) in [7, 11) is 0. The minimum absolute atomic E-state index is 0.0233. The first-order valence-electron chi connectivity index (χ1n) is 10.1. The molecule has 5 nitrogen and oxygen atoms in total. The number of aromatic nitrogens is 1. The molecule has 1 aromatic carbocycles. The van der Waals surface area contributed by atoms with Crippen LogP contribution in [0, 0.1) is 0 Å². The number of rotatable bonds is 6. The Balaban J connectivity index is 1.56. The Labute approximate surface area is 181 Å². The standard InChI is InChI=1S/C22H26ClN3O2S/c23-16-12-13-20(24-14-16)26-22(28)18-10-6-7-11-19(18)29-15-21(27)25-17-8-4-2-1-3-5-9-17/h6-7,10-14,17H,1-5,8-9,15H2,(H,25,27)(H,24,26,28). The smallest absolute Gasteiger partial charge is 0.257 e. The molecule has 0 saturated heterocycles. The summed E-state index contributed by atoms with van der Waals surface area (Å²) in [6.45, 7) is 0. The molecule has 2 aromatic rings. The first-order chi connectivity index (χ1) is 14.1. The number of pyridine rings is 1. The Morgan fingerprint density at radius 1 is 1.03 bits per heavy atom. The van der Waals surface area contributed by atoms with Gasteiger partial charge in [0.25, 0.3) is 5.91 Å². The molecule has 0 aliphatic heterocycles. The van der Waals surface area contributed by atoms with Crippen LogP contribution in [-0.2, 0) is 4.79 Å². The summed E-state index contributed by atoms with van der Waals surface area (Å²) in [6, 6.07) is 10.9. The van der Waals surface area contributed by atoms with Gasteiger partial charge in [0.05, 0.1) is 16.3 Å². The van der Waals surface area contributed by atoms with Gasteiger partial charge in [-0.25, -0.2) is 4.98 Å². The Bertz CT molecular complexity index is 821. The second kappa shape index (κ2) is 11.2. The van der Waals surface area contributed by atoms with Gasteiger partial charge in [-0.15, -0.1) is 11.8 Å². The molecule has 1 aliphatic carbocycles. The number of hydrogen-bond donors (Lipinski definition) is 2. The lowest BCUT2D eigenvalue weighted by atomic mass is 9.97. The SMILES string of the molecule is O=C(CSc1ccccc1C(=O)Nc1ccc(Cl)cn1)NC1CCCCCCC1. The van der Waals surface area contributed by atoms with Gasteiger partial charge in [0.2, 0.25) is 5.91 Å². The van der Waals surface area contributed by atoms with Crippen molar-refractivity contribution in [3.8, 4) is 0 Å². The molecule has 0 radical (unpaired) electrons. The fraction of sp³-hybridized carbons (Fsp3) is 0.409. The Kier molecular flexibility index (Phi) is 8.38. The highest BCUT2D eigenvalue weighted by molar-refractivity contribution is 8.00. The van der Waals surface area contributed by atoms with Crippen molar-refractivity contribution < 1.29 is 9.59 Å². The summed E-state index contributed by atoms with van der Waals surface area (Å²) >= 11 is 7.21. The van der Waals surface area contributed by atoms with Crippen LogP contribution in [0.25, 0.3) is 0 Å². The molecule has 0 atom stereocenters. The quantitative estimate of drug-likeness (QED) is 0.608. The van der Waals surface area contributed by atoms with Crippen molar-refractivity contribution in [2.75, 3.05) is 11.1 Å². The number of thioether (sulfide) groups is 1. The lowest BCUT2D eigenvalue weighted by Crippen LogP contribution is -2.36. The van der Waals surface area contributed by atoms with E-state index < -0.39 is 0 Å². The third kappa shape index (κ3) is 7.05. The van der Waals surface area contributed by atoms with Gasteiger partial charge in [-0.2, -0.15) is 0 Å². The second-order valence-corrected chi connectivity index (χ2v) is 8.66. The number of nitrogens with one attached hydrogen (secondary N) is 2. The maximum atomic E-state index is 12.7. The van der Waals surface area contributed by atoms with Crippen LogP contribution in [0.15, 0.2) is 47.5 Å². The third-order valence-electron chi connectivity index (χ3n) is 4.93. The fourth-order valence-corrected chi connectivity index (χ4v) is 4.40. The Morgan fingerprint density at radius 2 is 1.76 bits per heavy atom. The number of benzene rings is 1. The van der Waals surface area contributed by atoms with Gasteiger partial charge >= 0.3 is 0 Å². The van der Waals surface area contributed by atoms with E-state index in [1.54, 1.807) is 18.2 Å². The zero-order chi connectivity index (χ0) is 20.5. The molecule has 1 fully saturated rings. The van der Waals surface area contributed by atoms with Gasteiger partial charge in [0.15, 0.2) is 0 Å². The van der Waals surface area contributed by atoms with Crippen LogP contribution < -0.4 is 10.6 Å². The highest BCUT2D eigenvalue weighted by atomic mass is 35.5. The number of nitrogens with zero attached hydrogens (tertiary/aromatic N) is 1. The van der Waals surface area contributed by atoms with E-state index in [0.29, 0.717) is 22.2 Å². The van der Waals surface area contributed by atoms with E-state index >= 15 is 0 Å². The number of hydrogen-bond acceptors (Lipinski definition) is 4. The molecule has 2 amide bonds. The van der Waals surface area contributed by atoms with Crippen LogP contribution in [0.5, 0.6) is 0 Å². The molecular weight excluding hydrogens is 406 g/mol. The van der Waals surface area contributed by atoms with Gasteiger partial charge in [-0.05, 0) is 37.1 Å². The van der Waals surface area contributed by atoms with Crippen molar-refractivity contribution in [1.82, 2.24) is 10.3 Å². The van der Waals surface area contributed by atoms with E-state index in [2.05, 4.69) is 15.6 Å². The molecule has 154 valence electrons. The zero-order valence-corrected chi connectivity index (χ0v) is 17.9. The summed E-state index contributed by atoms with van der Waals surface area (Å²) < 4.78 is 0. The van der Waals surface area contributed by atoms with Crippen molar-refractivity contribution in [2.24, 2.45) is 0 Å². The molecule has 0 unspecified atom stereocenters. The molecule has 1 aliphatic rings. The zero-order valence-electron chi connectivity index (χ0n) is 16.3. The highest BCUT2D eigenvalue weighted by Crippen LogP contribution is 2.24. The molecule has 29 heavy (non-hydrogen) atoms. The molecule has 1 heterocycles. The van der Waals surface area contributed by atoms with Crippen LogP contribution >= 0.6 is 23.4 Å². The van der Waals surface area contributed by atoms with Crippen LogP contribution in [-0.4, -0.2) is 28.6 Å². The average Bonchev–Trinajstić information content (AvgIpc) is 2.70. The fourth-order valence-electron chi connectivity index (χ4n) is 3.43. The van der Waals surface area contributed by atoms with Gasteiger partial charge in [-0.3, -0.25) is 9.59 Å². The van der Waals surface area contributed by atoms with E-state index in [1.807, 2.05) is 18.2 Å². The molecule has 0 bridgehead atoms. The number of halogens is 1. The highest BCUT2D eigenvalue weighted by Gasteiger charge is 2.16. The molecular formula is C22H26ClN3O2S. The van der Waals surface area contributed by atoms with Crippen molar-refractivity contribution in [2.45, 2.75) is 55.9 Å². The number of amides is 2. The van der Waals surface area contributed by atoms with Crippen LogP contribution in [0.2, 0.25) is 5.02 Å². The molecule has 7 heteroatoms. The topological polar surface area (TPSA) is 71.1 Å². The van der Waals surface area contributed by atoms with Gasteiger partial charge in [0, 0.05) is 17.1 Å². The normalized spacial score (nSPS) is 15.2. The molecule has 1 aromatic heterocycles. The Hall–Kier alpha value is -2.05. The summed E-state index contributed by atoms with van der Waals surface area (Å²) in [4.78, 5) is 29.9. The summed E-state index contributed by atoms with van der Waals surface area (Å²) in [5.74, 6) is 0.486. The van der Waals surface area contributed by atoms with Crippen LogP contribution in [0.4, 0.5) is 5.82 Å². The maximum absolute atomic E-state index is 12.7. The van der Waals surface area contributed by atoms with Gasteiger partial charge < -0.3 is 10.6 Å². The van der Waals surface area contributed by atoms with Gasteiger partial charge in [0.1, 0.15) is 5.82 Å². The van der Waals surface area contributed by atoms with Gasteiger partial charge in [-0.1, -0.05) is 55.8 Å². The van der Waals surface area contributed by atoms with Crippen molar-refractivity contribution in [3.05, 3.63) is 53.2 Å². The van der Waals surface area contributed by atoms with E-state index in [1.165, 1.54) is 50.1 Å². The predicted molar refractivity (Wildman–Crippen MR) is 119 cm³/mol. The molecule has 0 spiro atoms. The molecule has 1 saturated carbocycles. The minimum Gasteiger partial charge on any atom is -0.353 e. The van der Waals surface area contributed by atoms with Crippen molar-refractivity contribution in [1.29, 1.82) is 0 Å². The first kappa shape index (κ1) is 21.7. The van der Waals surface area contributed by atoms with E-state index in [0.717, 1.165) is 17.7 Å². The van der Waals surface area contributed by atoms with E-state index in [-0.39, 0.29) is 17.9 Å². The van der Waals surface area contributed by atoms with E-state index in [9.17, 15) is 9.59 Å². The number of carbonyl (C=O) groups is 2. The molecule has 3 rings (SSSR count). The van der Waals surface area contributed by atoms with Crippen LogP contribution in [0.1, 0.15) is 55.3 Å². The van der Waals surface area contributed by atoms with Crippen LogP contribution in [0.3, 0.4) is 0 Å². The monoisotopic (exact) mass is 431 g/mol. The van der Waals surface area contributed by atoms with E-state index in [4.69, 9.17) is 11.6 Å². The lowest BCUT2D eigenvalue weighted by Gasteiger charge is -2.21. The average molecular weight is 432 g/mol. The van der Waals surface area contributed by atoms with Crippen molar-refractivity contribution >= 4 is 41.0 Å². The second-order valence-electron chi connectivity index (χ2n) is 7.21. The first-order valence-corrected chi connectivity index (χ1v) is 11.4. The van der Waals surface area contributed by atoms with Crippen molar-refractivity contribution in [3.63, 3.8) is 0 Å². The minimum atomic E-state index is -0.261. The third-order valence-corrected chi connectivity index (χ3v) is 6.23. The Morgan fingerprint density at radius 3 is 2.48 bits per heavy atom. The number of carbonyl (C=O) groups excluding carboxylic acids is 2. The summed E-state index contributed by atoms with van der Waals surface area (Å²) in [6.07, 6.45) is 9.78. The maximum Gasteiger partial charge on any atom is 0.257 e. The summed E-state index contributed by atoms with van der Waals surface area (Å²) in [5.41, 5.74) is 0.521. The largest absolute Gasteiger partial charge is 0.353 e. The predicted octanol–water partition coefficient (Wildman–Crippen LogP) is 5.31. The lowest BCUT2D eigenvalue weighted by molar-refractivity contribution is -0.119. The molecule has 2 N–H and O–H groups in total.